The summed E-state index contributed by atoms with van der Waals surface area (Å²) in [5.74, 6) is -0.113. The van der Waals surface area contributed by atoms with Gasteiger partial charge in [-0.1, -0.05) is 0 Å². The molecule has 1 atom stereocenters. The topological polar surface area (TPSA) is 127 Å². The molecule has 0 fully saturated rings. The van der Waals surface area contributed by atoms with Gasteiger partial charge in [0.05, 0.1) is 11.0 Å². The van der Waals surface area contributed by atoms with E-state index in [0.29, 0.717) is 13.0 Å². The monoisotopic (exact) mass is 227 g/mol. The van der Waals surface area contributed by atoms with Crippen molar-refractivity contribution < 1.29 is 10.0 Å². The number of nitrogen functional groups attached to an aromatic ring is 1. The van der Waals surface area contributed by atoms with Gasteiger partial charge in [-0.05, 0) is 13.3 Å². The molecule has 88 valence electrons. The van der Waals surface area contributed by atoms with E-state index in [1.165, 1.54) is 0 Å². The van der Waals surface area contributed by atoms with E-state index >= 15 is 0 Å². The fraction of sp³-hybridized carbons (Fsp3) is 0.500. The summed E-state index contributed by atoms with van der Waals surface area (Å²) in [4.78, 5) is 17.3. The number of nitrogens with one attached hydrogen (secondary N) is 1. The molecular weight excluding hydrogens is 214 g/mol. The number of aliphatic hydroxyl groups is 1. The van der Waals surface area contributed by atoms with E-state index in [-0.39, 0.29) is 17.3 Å². The minimum atomic E-state index is -0.639. The second kappa shape index (κ2) is 5.21. The number of rotatable bonds is 5. The summed E-state index contributed by atoms with van der Waals surface area (Å²) in [6.45, 7) is 2.00. The zero-order valence-corrected chi connectivity index (χ0v) is 8.75. The van der Waals surface area contributed by atoms with E-state index < -0.39 is 11.0 Å². The molecule has 1 aromatic rings. The zero-order valence-electron chi connectivity index (χ0n) is 8.75. The van der Waals surface area contributed by atoms with Gasteiger partial charge in [-0.15, -0.1) is 0 Å². The van der Waals surface area contributed by atoms with E-state index in [1.807, 2.05) is 0 Å². The van der Waals surface area contributed by atoms with Crippen molar-refractivity contribution in [2.75, 3.05) is 17.6 Å². The standard InChI is InChI=1S/C8H13N5O3/c1-5(14)2-3-10-8-6(13(15)16)7(9)11-4-12-8/h4-5,14H,2-3H2,1H3,(H3,9,10,11,12). The van der Waals surface area contributed by atoms with Gasteiger partial charge in [0.15, 0.2) is 0 Å². The molecule has 1 unspecified atom stereocenters. The molecule has 0 spiro atoms. The molecule has 0 aliphatic rings. The quantitative estimate of drug-likeness (QED) is 0.482. The van der Waals surface area contributed by atoms with Crippen LogP contribution >= 0.6 is 0 Å². The molecule has 8 heteroatoms. The third kappa shape index (κ3) is 3.02. The largest absolute Gasteiger partial charge is 0.393 e. The van der Waals surface area contributed by atoms with E-state index in [0.717, 1.165) is 6.33 Å². The molecule has 0 radical (unpaired) electrons. The summed E-state index contributed by atoms with van der Waals surface area (Å²) < 4.78 is 0. The highest BCUT2D eigenvalue weighted by molar-refractivity contribution is 5.67. The van der Waals surface area contributed by atoms with Crippen molar-refractivity contribution >= 4 is 17.3 Å². The van der Waals surface area contributed by atoms with Crippen molar-refractivity contribution in [2.45, 2.75) is 19.4 Å². The Morgan fingerprint density at radius 1 is 1.69 bits per heavy atom. The van der Waals surface area contributed by atoms with E-state index in [2.05, 4.69) is 15.3 Å². The van der Waals surface area contributed by atoms with E-state index in [1.54, 1.807) is 6.92 Å². The summed E-state index contributed by atoms with van der Waals surface area (Å²) in [5.41, 5.74) is 5.03. The van der Waals surface area contributed by atoms with Gasteiger partial charge in [0.25, 0.3) is 0 Å². The summed E-state index contributed by atoms with van der Waals surface area (Å²) in [7, 11) is 0. The number of aromatic nitrogens is 2. The predicted octanol–water partition coefficient (Wildman–Crippen LogP) is 0.150. The van der Waals surface area contributed by atoms with Gasteiger partial charge in [-0.25, -0.2) is 9.97 Å². The predicted molar refractivity (Wildman–Crippen MR) is 57.9 cm³/mol. The first kappa shape index (κ1) is 12.1. The highest BCUT2D eigenvalue weighted by atomic mass is 16.6. The van der Waals surface area contributed by atoms with Gasteiger partial charge in [0, 0.05) is 6.54 Å². The third-order valence-corrected chi connectivity index (χ3v) is 1.89. The van der Waals surface area contributed by atoms with Crippen LogP contribution in [0.3, 0.4) is 0 Å². The lowest BCUT2D eigenvalue weighted by Gasteiger charge is -2.07. The molecule has 0 aliphatic heterocycles. The number of nitrogens with two attached hydrogens (primary N) is 1. The number of nitro groups is 1. The number of hydrogen-bond acceptors (Lipinski definition) is 7. The van der Waals surface area contributed by atoms with Gasteiger partial charge >= 0.3 is 5.69 Å². The van der Waals surface area contributed by atoms with Crippen molar-refractivity contribution in [3.05, 3.63) is 16.4 Å². The third-order valence-electron chi connectivity index (χ3n) is 1.89. The van der Waals surface area contributed by atoms with Crippen LogP contribution in [-0.4, -0.2) is 32.6 Å². The maximum atomic E-state index is 10.7. The fourth-order valence-electron chi connectivity index (χ4n) is 1.10. The number of hydrogen-bond donors (Lipinski definition) is 3. The normalized spacial score (nSPS) is 12.1. The van der Waals surface area contributed by atoms with E-state index in [9.17, 15) is 10.1 Å². The Bertz CT molecular complexity index is 382. The van der Waals surface area contributed by atoms with Gasteiger partial charge in [-0.2, -0.15) is 0 Å². The average Bonchev–Trinajstić information content (AvgIpc) is 2.16. The van der Waals surface area contributed by atoms with Crippen LogP contribution in [0.15, 0.2) is 6.33 Å². The minimum absolute atomic E-state index is 0.0677. The smallest absolute Gasteiger partial charge is 0.352 e. The van der Waals surface area contributed by atoms with Crippen LogP contribution in [0.25, 0.3) is 0 Å². The maximum Gasteiger partial charge on any atom is 0.352 e. The number of anilines is 2. The number of nitrogens with zero attached hydrogens (tertiary/aromatic N) is 3. The molecule has 4 N–H and O–H groups in total. The van der Waals surface area contributed by atoms with Crippen LogP contribution in [0.1, 0.15) is 13.3 Å². The molecule has 0 aliphatic carbocycles. The van der Waals surface area contributed by atoms with Gasteiger partial charge in [0.2, 0.25) is 11.6 Å². The Hall–Kier alpha value is -1.96. The molecule has 0 saturated carbocycles. The summed E-state index contributed by atoms with van der Waals surface area (Å²) >= 11 is 0. The Morgan fingerprint density at radius 2 is 2.38 bits per heavy atom. The Balaban J connectivity index is 2.79. The highest BCUT2D eigenvalue weighted by Crippen LogP contribution is 2.25. The maximum absolute atomic E-state index is 10.7. The highest BCUT2D eigenvalue weighted by Gasteiger charge is 2.20. The minimum Gasteiger partial charge on any atom is -0.393 e. The molecular formula is C8H13N5O3. The lowest BCUT2D eigenvalue weighted by molar-refractivity contribution is -0.383. The van der Waals surface area contributed by atoms with Gasteiger partial charge in [0.1, 0.15) is 6.33 Å². The summed E-state index contributed by atoms with van der Waals surface area (Å²) in [6.07, 6.45) is 1.12. The Labute approximate surface area is 91.7 Å². The fourth-order valence-corrected chi connectivity index (χ4v) is 1.10. The van der Waals surface area contributed by atoms with Crippen LogP contribution in [0, 0.1) is 10.1 Å². The molecule has 0 bridgehead atoms. The van der Waals surface area contributed by atoms with Crippen molar-refractivity contribution in [3.8, 4) is 0 Å². The SMILES string of the molecule is CC(O)CCNc1ncnc(N)c1[N+](=O)[O-]. The molecule has 0 saturated heterocycles. The summed E-state index contributed by atoms with van der Waals surface area (Å²) in [5, 5.41) is 22.5. The average molecular weight is 227 g/mol. The number of aliphatic hydroxyl groups excluding tert-OH is 1. The Kier molecular flexibility index (Phi) is 3.95. The van der Waals surface area contributed by atoms with Crippen LogP contribution in [0.2, 0.25) is 0 Å². The second-order valence-electron chi connectivity index (χ2n) is 3.28. The van der Waals surface area contributed by atoms with Crippen molar-refractivity contribution in [1.82, 2.24) is 9.97 Å². The van der Waals surface area contributed by atoms with Gasteiger partial charge < -0.3 is 16.2 Å². The Morgan fingerprint density at radius 3 is 2.94 bits per heavy atom. The van der Waals surface area contributed by atoms with Crippen molar-refractivity contribution in [1.29, 1.82) is 0 Å². The van der Waals surface area contributed by atoms with Crippen molar-refractivity contribution in [3.63, 3.8) is 0 Å². The first-order valence-electron chi connectivity index (χ1n) is 4.69. The molecule has 16 heavy (non-hydrogen) atoms. The van der Waals surface area contributed by atoms with E-state index in [4.69, 9.17) is 10.8 Å². The van der Waals surface area contributed by atoms with Crippen LogP contribution in [0.5, 0.6) is 0 Å². The van der Waals surface area contributed by atoms with Gasteiger partial charge in [-0.3, -0.25) is 10.1 Å². The molecule has 0 aromatic carbocycles. The molecule has 0 amide bonds. The first-order chi connectivity index (χ1) is 7.52. The van der Waals surface area contributed by atoms with Crippen LogP contribution < -0.4 is 11.1 Å². The molecule has 1 rings (SSSR count). The lowest BCUT2D eigenvalue weighted by Crippen LogP contribution is -2.13. The molecule has 8 nitrogen and oxygen atoms in total. The zero-order chi connectivity index (χ0) is 12.1. The second-order valence-corrected chi connectivity index (χ2v) is 3.28. The summed E-state index contributed by atoms with van der Waals surface area (Å²) in [6, 6.07) is 0. The lowest BCUT2D eigenvalue weighted by atomic mass is 10.3. The molecule has 1 aromatic heterocycles. The van der Waals surface area contributed by atoms with Crippen LogP contribution in [-0.2, 0) is 0 Å². The van der Waals surface area contributed by atoms with Crippen LogP contribution in [0.4, 0.5) is 17.3 Å². The van der Waals surface area contributed by atoms with Crippen molar-refractivity contribution in [2.24, 2.45) is 0 Å². The first-order valence-corrected chi connectivity index (χ1v) is 4.69. The molecule has 1 heterocycles.